The number of esters is 1. The van der Waals surface area contributed by atoms with Crippen LogP contribution >= 0.6 is 0 Å². The van der Waals surface area contributed by atoms with Gasteiger partial charge < -0.3 is 4.74 Å². The van der Waals surface area contributed by atoms with E-state index >= 15 is 0 Å². The average Bonchev–Trinajstić information content (AvgIpc) is 3.00. The van der Waals surface area contributed by atoms with E-state index in [-0.39, 0.29) is 24.1 Å². The number of carbonyl (C=O) groups excluding carboxylic acids is 1. The summed E-state index contributed by atoms with van der Waals surface area (Å²) in [4.78, 5) is 11.4. The number of rotatable bonds is 6. The molecule has 0 saturated heterocycles. The number of benzene rings is 1. The Hall–Kier alpha value is -2.17. The van der Waals surface area contributed by atoms with Gasteiger partial charge in [0.15, 0.2) is 0 Å². The van der Waals surface area contributed by atoms with Crippen molar-refractivity contribution in [3.63, 3.8) is 0 Å². The molecule has 4 nitrogen and oxygen atoms in total. The largest absolute Gasteiger partial charge is 0.466 e. The number of nitrogens with one attached hydrogen (secondary N) is 1. The first-order valence-corrected chi connectivity index (χ1v) is 7.06. The zero-order valence-electron chi connectivity index (χ0n) is 12.2. The van der Waals surface area contributed by atoms with E-state index in [1.54, 1.807) is 25.3 Å². The Morgan fingerprint density at radius 1 is 1.43 bits per heavy atom. The first-order valence-electron chi connectivity index (χ1n) is 7.06. The van der Waals surface area contributed by atoms with Gasteiger partial charge in [0.2, 0.25) is 0 Å². The lowest BCUT2D eigenvalue weighted by molar-refractivity contribution is -0.143. The van der Waals surface area contributed by atoms with E-state index in [2.05, 4.69) is 10.2 Å². The number of carbonyl (C=O) groups is 1. The summed E-state index contributed by atoms with van der Waals surface area (Å²) in [6, 6.07) is 7.09. The summed E-state index contributed by atoms with van der Waals surface area (Å²) in [5.41, 5.74) is 1.91. The zero-order chi connectivity index (χ0) is 15.2. The number of H-pyrrole nitrogens is 1. The van der Waals surface area contributed by atoms with Crippen molar-refractivity contribution in [3.05, 3.63) is 53.1 Å². The van der Waals surface area contributed by atoms with Gasteiger partial charge in [0.05, 0.1) is 12.3 Å². The van der Waals surface area contributed by atoms with Gasteiger partial charge in [0, 0.05) is 18.5 Å². The fraction of sp³-hybridized carbons (Fsp3) is 0.375. The van der Waals surface area contributed by atoms with Crippen molar-refractivity contribution in [2.24, 2.45) is 0 Å². The monoisotopic (exact) mass is 290 g/mol. The van der Waals surface area contributed by atoms with Crippen LogP contribution in [0.5, 0.6) is 0 Å². The van der Waals surface area contributed by atoms with Crippen molar-refractivity contribution in [3.8, 4) is 0 Å². The average molecular weight is 290 g/mol. The molecule has 0 amide bonds. The summed E-state index contributed by atoms with van der Waals surface area (Å²) in [6.45, 7) is 4.01. The minimum atomic E-state index is -0.303. The van der Waals surface area contributed by atoms with Gasteiger partial charge in [-0.3, -0.25) is 9.89 Å². The summed E-state index contributed by atoms with van der Waals surface area (Å²) in [7, 11) is 0. The van der Waals surface area contributed by atoms with Crippen LogP contribution in [0.4, 0.5) is 4.39 Å². The molecule has 112 valence electrons. The van der Waals surface area contributed by atoms with Crippen LogP contribution in [0.1, 0.15) is 43.0 Å². The van der Waals surface area contributed by atoms with E-state index in [9.17, 15) is 9.18 Å². The van der Waals surface area contributed by atoms with E-state index in [4.69, 9.17) is 4.74 Å². The predicted molar refractivity (Wildman–Crippen MR) is 77.5 cm³/mol. The van der Waals surface area contributed by atoms with Gasteiger partial charge in [-0.1, -0.05) is 25.1 Å². The van der Waals surface area contributed by atoms with Gasteiger partial charge in [-0.2, -0.15) is 5.10 Å². The highest BCUT2D eigenvalue weighted by atomic mass is 19.1. The number of hydrogen-bond donors (Lipinski definition) is 1. The molecule has 0 aliphatic carbocycles. The summed E-state index contributed by atoms with van der Waals surface area (Å²) in [6.07, 6.45) is 2.24. The Bertz CT molecular complexity index is 596. The molecule has 0 bridgehead atoms. The van der Waals surface area contributed by atoms with Crippen LogP contribution < -0.4 is 0 Å². The Kier molecular flexibility index (Phi) is 5.09. The third-order valence-corrected chi connectivity index (χ3v) is 3.44. The Labute approximate surface area is 123 Å². The van der Waals surface area contributed by atoms with Crippen LogP contribution in [0.2, 0.25) is 0 Å². The number of halogens is 1. The van der Waals surface area contributed by atoms with E-state index in [1.165, 1.54) is 0 Å². The summed E-state index contributed by atoms with van der Waals surface area (Å²) < 4.78 is 19.4. The van der Waals surface area contributed by atoms with E-state index in [0.29, 0.717) is 24.2 Å². The number of nitrogens with zero attached hydrogens (tertiary/aromatic N) is 1. The third-order valence-electron chi connectivity index (χ3n) is 3.44. The Balaban J connectivity index is 2.14. The lowest BCUT2D eigenvalue weighted by Gasteiger charge is -2.13. The van der Waals surface area contributed by atoms with Crippen molar-refractivity contribution < 1.29 is 13.9 Å². The molecular weight excluding hydrogens is 271 g/mol. The van der Waals surface area contributed by atoms with Gasteiger partial charge in [0.25, 0.3) is 0 Å². The molecule has 5 heteroatoms. The highest BCUT2D eigenvalue weighted by Gasteiger charge is 2.17. The molecule has 1 aromatic carbocycles. The molecule has 2 aromatic rings. The molecule has 0 spiro atoms. The number of aromatic nitrogens is 2. The van der Waals surface area contributed by atoms with E-state index in [0.717, 1.165) is 5.69 Å². The summed E-state index contributed by atoms with van der Waals surface area (Å²) in [5.74, 6) is -0.709. The van der Waals surface area contributed by atoms with Gasteiger partial charge in [-0.05, 0) is 30.5 Å². The van der Waals surface area contributed by atoms with Crippen LogP contribution in [0.15, 0.2) is 30.5 Å². The molecule has 1 unspecified atom stereocenters. The first-order chi connectivity index (χ1) is 10.1. The van der Waals surface area contributed by atoms with Gasteiger partial charge in [-0.25, -0.2) is 4.39 Å². The zero-order valence-corrected chi connectivity index (χ0v) is 12.2. The molecule has 1 aromatic heterocycles. The normalized spacial score (nSPS) is 12.1. The summed E-state index contributed by atoms with van der Waals surface area (Å²) >= 11 is 0. The smallest absolute Gasteiger partial charge is 0.306 e. The van der Waals surface area contributed by atoms with Crippen LogP contribution in [-0.2, 0) is 16.0 Å². The fourth-order valence-electron chi connectivity index (χ4n) is 2.27. The second-order valence-corrected chi connectivity index (χ2v) is 4.85. The molecule has 2 rings (SSSR count). The third kappa shape index (κ3) is 3.68. The minimum Gasteiger partial charge on any atom is -0.466 e. The van der Waals surface area contributed by atoms with Crippen LogP contribution in [0, 0.1) is 5.82 Å². The maximum atomic E-state index is 14.6. The number of aromatic amines is 1. The van der Waals surface area contributed by atoms with Crippen molar-refractivity contribution in [2.45, 2.75) is 32.6 Å². The SMILES string of the molecule is CCOC(=O)CCc1cccc(C(C)c2cc[nH]n2)c1F. The van der Waals surface area contributed by atoms with Gasteiger partial charge in [0.1, 0.15) is 5.82 Å². The molecule has 0 radical (unpaired) electrons. The quantitative estimate of drug-likeness (QED) is 0.831. The van der Waals surface area contributed by atoms with Gasteiger partial charge in [-0.15, -0.1) is 0 Å². The van der Waals surface area contributed by atoms with Crippen molar-refractivity contribution in [1.82, 2.24) is 10.2 Å². The molecule has 21 heavy (non-hydrogen) atoms. The van der Waals surface area contributed by atoms with Crippen molar-refractivity contribution in [2.75, 3.05) is 6.61 Å². The van der Waals surface area contributed by atoms with E-state index in [1.807, 2.05) is 19.1 Å². The predicted octanol–water partition coefficient (Wildman–Crippen LogP) is 3.20. The van der Waals surface area contributed by atoms with Crippen molar-refractivity contribution >= 4 is 5.97 Å². The highest BCUT2D eigenvalue weighted by Crippen LogP contribution is 2.26. The molecule has 0 aliphatic heterocycles. The Morgan fingerprint density at radius 3 is 2.90 bits per heavy atom. The standard InChI is InChI=1S/C16H19FN2O2/c1-3-21-15(20)8-7-12-5-4-6-13(16(12)17)11(2)14-9-10-18-19-14/h4-6,9-11H,3,7-8H2,1-2H3,(H,18,19). The molecule has 0 aliphatic rings. The molecule has 1 atom stereocenters. The topological polar surface area (TPSA) is 55.0 Å². The number of hydrogen-bond acceptors (Lipinski definition) is 3. The fourth-order valence-corrected chi connectivity index (χ4v) is 2.27. The highest BCUT2D eigenvalue weighted by molar-refractivity contribution is 5.69. The van der Waals surface area contributed by atoms with Crippen LogP contribution in [0.3, 0.4) is 0 Å². The second kappa shape index (κ2) is 7.02. The number of ether oxygens (including phenoxy) is 1. The molecular formula is C16H19FN2O2. The molecule has 0 fully saturated rings. The van der Waals surface area contributed by atoms with E-state index < -0.39 is 0 Å². The second-order valence-electron chi connectivity index (χ2n) is 4.85. The minimum absolute atomic E-state index is 0.140. The first kappa shape index (κ1) is 15.2. The lowest BCUT2D eigenvalue weighted by atomic mass is 9.94. The molecule has 1 heterocycles. The number of aryl methyl sites for hydroxylation is 1. The van der Waals surface area contributed by atoms with Crippen molar-refractivity contribution in [1.29, 1.82) is 0 Å². The van der Waals surface area contributed by atoms with Crippen LogP contribution in [-0.4, -0.2) is 22.8 Å². The molecule has 1 N–H and O–H groups in total. The summed E-state index contributed by atoms with van der Waals surface area (Å²) in [5, 5.41) is 6.83. The Morgan fingerprint density at radius 2 is 2.24 bits per heavy atom. The maximum Gasteiger partial charge on any atom is 0.306 e. The lowest BCUT2D eigenvalue weighted by Crippen LogP contribution is -2.08. The molecule has 0 saturated carbocycles. The van der Waals surface area contributed by atoms with Crippen LogP contribution in [0.25, 0.3) is 0 Å². The maximum absolute atomic E-state index is 14.6. The van der Waals surface area contributed by atoms with Gasteiger partial charge >= 0.3 is 5.97 Å².